The fourth-order valence-corrected chi connectivity index (χ4v) is 2.27. The minimum atomic E-state index is -0.228. The van der Waals surface area contributed by atoms with Gasteiger partial charge in [-0.3, -0.25) is 14.6 Å². The van der Waals surface area contributed by atoms with E-state index in [1.807, 2.05) is 12.1 Å². The second-order valence-corrected chi connectivity index (χ2v) is 5.67. The van der Waals surface area contributed by atoms with E-state index in [1.165, 1.54) is 13.3 Å². The molecule has 0 saturated heterocycles. The molecule has 2 N–H and O–H groups in total. The van der Waals surface area contributed by atoms with Gasteiger partial charge in [0.1, 0.15) is 6.61 Å². The van der Waals surface area contributed by atoms with Gasteiger partial charge >= 0.3 is 0 Å². The summed E-state index contributed by atoms with van der Waals surface area (Å²) in [5.41, 5.74) is 2.00. The molecule has 1 aromatic heterocycles. The number of aromatic nitrogens is 1. The highest BCUT2D eigenvalue weighted by Gasteiger charge is 2.07. The molecule has 0 fully saturated rings. The molecule has 1 heterocycles. The van der Waals surface area contributed by atoms with Crippen molar-refractivity contribution in [1.82, 2.24) is 10.3 Å². The van der Waals surface area contributed by atoms with Crippen LogP contribution in [-0.4, -0.2) is 30.5 Å². The predicted octanol–water partition coefficient (Wildman–Crippen LogP) is 2.36. The molecule has 23 heavy (non-hydrogen) atoms. The lowest BCUT2D eigenvalue weighted by molar-refractivity contribution is -0.119. The van der Waals surface area contributed by atoms with Crippen molar-refractivity contribution in [2.45, 2.75) is 6.54 Å². The van der Waals surface area contributed by atoms with Crippen LogP contribution in [-0.2, 0) is 16.1 Å². The monoisotopic (exact) mass is 377 g/mol. The van der Waals surface area contributed by atoms with Crippen molar-refractivity contribution in [3.8, 4) is 0 Å². The van der Waals surface area contributed by atoms with Crippen LogP contribution in [0.25, 0.3) is 0 Å². The zero-order valence-corrected chi connectivity index (χ0v) is 14.1. The number of anilines is 1. The number of ether oxygens (including phenoxy) is 1. The molecule has 0 saturated carbocycles. The van der Waals surface area contributed by atoms with E-state index in [0.717, 1.165) is 10.0 Å². The van der Waals surface area contributed by atoms with Crippen molar-refractivity contribution in [2.75, 3.05) is 19.0 Å². The molecule has 2 aromatic rings. The lowest BCUT2D eigenvalue weighted by Gasteiger charge is -2.08. The van der Waals surface area contributed by atoms with Crippen LogP contribution < -0.4 is 10.6 Å². The largest absolute Gasteiger partial charge is 0.375 e. The van der Waals surface area contributed by atoms with Crippen LogP contribution in [0.1, 0.15) is 15.9 Å². The summed E-state index contributed by atoms with van der Waals surface area (Å²) < 4.78 is 5.51. The topological polar surface area (TPSA) is 80.3 Å². The van der Waals surface area contributed by atoms with Gasteiger partial charge in [0.05, 0.1) is 5.56 Å². The maximum Gasteiger partial charge on any atom is 0.253 e. The Morgan fingerprint density at radius 1 is 1.26 bits per heavy atom. The van der Waals surface area contributed by atoms with E-state index in [-0.39, 0.29) is 18.4 Å². The van der Waals surface area contributed by atoms with E-state index >= 15 is 0 Å². The Hall–Kier alpha value is -2.25. The number of halogens is 1. The van der Waals surface area contributed by atoms with Crippen LogP contribution >= 0.6 is 15.9 Å². The fourth-order valence-electron chi connectivity index (χ4n) is 1.91. The highest BCUT2D eigenvalue weighted by Crippen LogP contribution is 2.12. The van der Waals surface area contributed by atoms with E-state index in [1.54, 1.807) is 24.4 Å². The van der Waals surface area contributed by atoms with Crippen LogP contribution in [0.15, 0.2) is 47.2 Å². The molecule has 0 bridgehead atoms. The molecule has 0 aliphatic heterocycles. The van der Waals surface area contributed by atoms with Crippen molar-refractivity contribution in [1.29, 1.82) is 0 Å². The summed E-state index contributed by atoms with van der Waals surface area (Å²) in [4.78, 5) is 27.5. The molecule has 0 spiro atoms. The van der Waals surface area contributed by atoms with Gasteiger partial charge in [-0.05, 0) is 39.7 Å². The average Bonchev–Trinajstić information content (AvgIpc) is 2.53. The average molecular weight is 378 g/mol. The molecule has 2 rings (SSSR count). The standard InChI is InChI=1S/C16H16BrN3O3/c1-23-10-15(21)20-14-4-2-3-11(5-14)7-19-16(22)12-6-13(17)9-18-8-12/h2-6,8-9H,7,10H2,1H3,(H,19,22)(H,20,21). The summed E-state index contributed by atoms with van der Waals surface area (Å²) >= 11 is 3.28. The first-order valence-corrected chi connectivity index (χ1v) is 7.64. The maximum atomic E-state index is 12.1. The number of amides is 2. The lowest BCUT2D eigenvalue weighted by Crippen LogP contribution is -2.23. The molecule has 0 unspecified atom stereocenters. The van der Waals surface area contributed by atoms with Crippen LogP contribution in [0.2, 0.25) is 0 Å². The Labute approximate surface area is 142 Å². The maximum absolute atomic E-state index is 12.1. The zero-order chi connectivity index (χ0) is 16.7. The third kappa shape index (κ3) is 5.46. The van der Waals surface area contributed by atoms with Gasteiger partial charge in [-0.25, -0.2) is 0 Å². The number of benzene rings is 1. The van der Waals surface area contributed by atoms with Crippen molar-refractivity contribution >= 4 is 33.4 Å². The number of nitrogens with one attached hydrogen (secondary N) is 2. The van der Waals surface area contributed by atoms with Gasteiger partial charge in [0, 0.05) is 36.2 Å². The Balaban J connectivity index is 1.95. The van der Waals surface area contributed by atoms with Gasteiger partial charge in [-0.2, -0.15) is 0 Å². The van der Waals surface area contributed by atoms with Crippen molar-refractivity contribution in [3.63, 3.8) is 0 Å². The zero-order valence-electron chi connectivity index (χ0n) is 12.5. The number of nitrogens with zero attached hydrogens (tertiary/aromatic N) is 1. The van der Waals surface area contributed by atoms with Crippen molar-refractivity contribution in [3.05, 3.63) is 58.3 Å². The van der Waals surface area contributed by atoms with Gasteiger partial charge in [-0.15, -0.1) is 0 Å². The minimum Gasteiger partial charge on any atom is -0.375 e. The second-order valence-electron chi connectivity index (χ2n) is 4.76. The van der Waals surface area contributed by atoms with E-state index in [0.29, 0.717) is 17.8 Å². The Kier molecular flexibility index (Phi) is 6.25. The SMILES string of the molecule is COCC(=O)Nc1cccc(CNC(=O)c2cncc(Br)c2)c1. The number of hydrogen-bond donors (Lipinski definition) is 2. The first-order valence-electron chi connectivity index (χ1n) is 6.85. The highest BCUT2D eigenvalue weighted by molar-refractivity contribution is 9.10. The molecule has 6 nitrogen and oxygen atoms in total. The van der Waals surface area contributed by atoms with Crippen molar-refractivity contribution < 1.29 is 14.3 Å². The molecule has 1 aromatic carbocycles. The number of hydrogen-bond acceptors (Lipinski definition) is 4. The Bertz CT molecular complexity index is 706. The summed E-state index contributed by atoms with van der Waals surface area (Å²) in [6.45, 7) is 0.343. The molecule has 2 amide bonds. The quantitative estimate of drug-likeness (QED) is 0.809. The molecule has 0 aliphatic carbocycles. The van der Waals surface area contributed by atoms with E-state index in [2.05, 4.69) is 31.5 Å². The Morgan fingerprint density at radius 3 is 2.83 bits per heavy atom. The lowest BCUT2D eigenvalue weighted by atomic mass is 10.2. The summed E-state index contributed by atoms with van der Waals surface area (Å²) in [6.07, 6.45) is 3.12. The van der Waals surface area contributed by atoms with E-state index in [9.17, 15) is 9.59 Å². The highest BCUT2D eigenvalue weighted by atomic mass is 79.9. The molecule has 7 heteroatoms. The van der Waals surface area contributed by atoms with Crippen molar-refractivity contribution in [2.24, 2.45) is 0 Å². The normalized spacial score (nSPS) is 10.2. The summed E-state index contributed by atoms with van der Waals surface area (Å²) in [7, 11) is 1.46. The summed E-state index contributed by atoms with van der Waals surface area (Å²) in [5, 5.41) is 5.53. The molecule has 0 radical (unpaired) electrons. The first kappa shape index (κ1) is 17.1. The number of pyridine rings is 1. The summed E-state index contributed by atoms with van der Waals surface area (Å²) in [6, 6.07) is 8.95. The Morgan fingerprint density at radius 2 is 2.09 bits per heavy atom. The van der Waals surface area contributed by atoms with Gasteiger partial charge < -0.3 is 15.4 Å². The van der Waals surface area contributed by atoms with E-state index < -0.39 is 0 Å². The van der Waals surface area contributed by atoms with Crippen LogP contribution in [0, 0.1) is 0 Å². The number of methoxy groups -OCH3 is 1. The van der Waals surface area contributed by atoms with Crippen LogP contribution in [0.3, 0.4) is 0 Å². The molecule has 120 valence electrons. The van der Waals surface area contributed by atoms with Crippen LogP contribution in [0.4, 0.5) is 5.69 Å². The third-order valence-electron chi connectivity index (χ3n) is 2.91. The van der Waals surface area contributed by atoms with Gasteiger partial charge in [0.15, 0.2) is 0 Å². The fraction of sp³-hybridized carbons (Fsp3) is 0.188. The molecular formula is C16H16BrN3O3. The van der Waals surface area contributed by atoms with Gasteiger partial charge in [0.2, 0.25) is 5.91 Å². The predicted molar refractivity (Wildman–Crippen MR) is 90.1 cm³/mol. The second kappa shape index (κ2) is 8.40. The molecule has 0 aliphatic rings. The number of carbonyl (C=O) groups excluding carboxylic acids is 2. The first-order chi connectivity index (χ1) is 11.1. The third-order valence-corrected chi connectivity index (χ3v) is 3.34. The summed E-state index contributed by atoms with van der Waals surface area (Å²) in [5.74, 6) is -0.443. The van der Waals surface area contributed by atoms with Gasteiger partial charge in [-0.1, -0.05) is 12.1 Å². The number of rotatable bonds is 6. The minimum absolute atomic E-state index is 0.00313. The molecule has 0 atom stereocenters. The molecular weight excluding hydrogens is 362 g/mol. The smallest absolute Gasteiger partial charge is 0.253 e. The van der Waals surface area contributed by atoms with Crippen LogP contribution in [0.5, 0.6) is 0 Å². The van der Waals surface area contributed by atoms with Gasteiger partial charge in [0.25, 0.3) is 5.91 Å². The van der Waals surface area contributed by atoms with E-state index in [4.69, 9.17) is 4.74 Å². The number of carbonyl (C=O) groups is 2.